The number of aliphatic imine (C=N–C) groups is 1. The zero-order valence-electron chi connectivity index (χ0n) is 14.5. The van der Waals surface area contributed by atoms with E-state index < -0.39 is 12.9 Å². The summed E-state index contributed by atoms with van der Waals surface area (Å²) in [5.74, 6) is 0.742. The Morgan fingerprint density at radius 1 is 1.38 bits per heavy atom. The van der Waals surface area contributed by atoms with E-state index in [0.717, 1.165) is 34.3 Å². The topological polar surface area (TPSA) is 39.7 Å². The van der Waals surface area contributed by atoms with Gasteiger partial charge in [0.05, 0.1) is 16.9 Å². The molecule has 0 saturated carbocycles. The van der Waals surface area contributed by atoms with Crippen LogP contribution in [0, 0.1) is 0 Å². The van der Waals surface area contributed by atoms with Crippen molar-refractivity contribution in [3.05, 3.63) is 41.3 Å². The first kappa shape index (κ1) is 9.97. The van der Waals surface area contributed by atoms with Crippen molar-refractivity contribution in [3.8, 4) is 0 Å². The number of benzene rings is 1. The lowest BCUT2D eigenvalue weighted by molar-refractivity contribution is 0.275. The minimum atomic E-state index is -2.06. The van der Waals surface area contributed by atoms with Gasteiger partial charge in [-0.2, -0.15) is 0 Å². The first-order chi connectivity index (χ1) is 11.5. The average Bonchev–Trinajstić information content (AvgIpc) is 2.95. The van der Waals surface area contributed by atoms with E-state index in [4.69, 9.17) is 9.10 Å². The fourth-order valence-corrected chi connectivity index (χ4v) is 3.53. The first-order valence-electron chi connectivity index (χ1n) is 8.54. The van der Waals surface area contributed by atoms with Crippen LogP contribution in [0.1, 0.15) is 16.5 Å². The molecule has 0 amide bonds. The maximum atomic E-state index is 7.91. The van der Waals surface area contributed by atoms with Gasteiger partial charge < -0.3 is 15.5 Å². The number of para-hydroxylation sites is 2. The molecule has 1 unspecified atom stereocenters. The molecule has 4 rings (SSSR count). The van der Waals surface area contributed by atoms with E-state index in [0.29, 0.717) is 13.1 Å². The molecule has 0 bridgehead atoms. The molecule has 4 nitrogen and oxygen atoms in total. The van der Waals surface area contributed by atoms with Crippen molar-refractivity contribution in [3.63, 3.8) is 0 Å². The van der Waals surface area contributed by atoms with Crippen LogP contribution < -0.4 is 10.6 Å². The summed E-state index contributed by atoms with van der Waals surface area (Å²) in [6.45, 7) is -0.255. The minimum absolute atomic E-state index is 0.435. The molecule has 108 valence electrons. The van der Waals surface area contributed by atoms with Crippen LogP contribution in [0.5, 0.6) is 0 Å². The van der Waals surface area contributed by atoms with Crippen LogP contribution in [0.4, 0.5) is 16.4 Å². The fourth-order valence-electron chi connectivity index (χ4n) is 2.73. The highest BCUT2D eigenvalue weighted by molar-refractivity contribution is 7.14. The van der Waals surface area contributed by atoms with E-state index >= 15 is 0 Å². The maximum Gasteiger partial charge on any atom is 0.139 e. The lowest BCUT2D eigenvalue weighted by Crippen LogP contribution is -2.52. The van der Waals surface area contributed by atoms with Gasteiger partial charge in [0.15, 0.2) is 0 Å². The van der Waals surface area contributed by atoms with Gasteiger partial charge in [-0.15, -0.1) is 11.3 Å². The van der Waals surface area contributed by atoms with Crippen molar-refractivity contribution in [1.29, 1.82) is 0 Å². The molecule has 1 aromatic carbocycles. The number of nitrogens with one attached hydrogen (secondary N) is 2. The summed E-state index contributed by atoms with van der Waals surface area (Å²) in [6.07, 6.45) is 0. The van der Waals surface area contributed by atoms with E-state index in [2.05, 4.69) is 10.6 Å². The van der Waals surface area contributed by atoms with Gasteiger partial charge >= 0.3 is 0 Å². The third-order valence-corrected chi connectivity index (χ3v) is 4.63. The summed E-state index contributed by atoms with van der Waals surface area (Å²) in [4.78, 5) is 6.79. The van der Waals surface area contributed by atoms with Gasteiger partial charge in [0, 0.05) is 29.8 Å². The summed E-state index contributed by atoms with van der Waals surface area (Å²) >= 11 is 1.60. The highest BCUT2D eigenvalue weighted by atomic mass is 32.1. The summed E-state index contributed by atoms with van der Waals surface area (Å²) in [5.41, 5.74) is 2.74. The van der Waals surface area contributed by atoms with Gasteiger partial charge in [-0.05, 0) is 30.4 Å². The van der Waals surface area contributed by atoms with Gasteiger partial charge in [-0.1, -0.05) is 12.1 Å². The number of thiophene rings is 1. The van der Waals surface area contributed by atoms with Crippen molar-refractivity contribution < 1.29 is 4.11 Å². The molecule has 21 heavy (non-hydrogen) atoms. The van der Waals surface area contributed by atoms with Crippen LogP contribution in [0.2, 0.25) is 0 Å². The molecule has 0 aliphatic carbocycles. The quantitative estimate of drug-likeness (QED) is 0.785. The second-order valence-electron chi connectivity index (χ2n) is 5.15. The summed E-state index contributed by atoms with van der Waals surface area (Å²) in [6, 6.07) is 9.28. The van der Waals surface area contributed by atoms with Crippen molar-refractivity contribution in [1.82, 2.24) is 10.2 Å². The van der Waals surface area contributed by atoms with E-state index in [-0.39, 0.29) is 0 Å². The van der Waals surface area contributed by atoms with E-state index in [1.807, 2.05) is 40.6 Å². The van der Waals surface area contributed by atoms with Gasteiger partial charge in [0.25, 0.3) is 0 Å². The zero-order chi connectivity index (χ0) is 16.7. The molecule has 0 spiro atoms. The number of rotatable bonds is 0. The Balaban J connectivity index is 1.85. The molecule has 1 aromatic heterocycles. The first-order valence-corrected chi connectivity index (χ1v) is 7.92. The normalized spacial score (nSPS) is 23.6. The van der Waals surface area contributed by atoms with Crippen molar-refractivity contribution in [2.24, 2.45) is 4.99 Å². The smallest absolute Gasteiger partial charge is 0.139 e. The molecule has 2 aromatic rings. The lowest BCUT2D eigenvalue weighted by atomic mass is 10.1. The molecule has 2 aliphatic heterocycles. The Morgan fingerprint density at radius 2 is 2.33 bits per heavy atom. The van der Waals surface area contributed by atoms with E-state index in [1.165, 1.54) is 0 Å². The van der Waals surface area contributed by atoms with Gasteiger partial charge in [-0.25, -0.2) is 4.99 Å². The van der Waals surface area contributed by atoms with E-state index in [9.17, 15) is 0 Å². The number of hydrogen-bond acceptors (Lipinski definition) is 5. The van der Waals surface area contributed by atoms with Crippen molar-refractivity contribution in [2.45, 2.75) is 12.9 Å². The van der Waals surface area contributed by atoms with Crippen molar-refractivity contribution in [2.75, 3.05) is 25.0 Å². The van der Waals surface area contributed by atoms with Crippen LogP contribution in [-0.4, -0.2) is 36.4 Å². The third kappa shape index (κ3) is 2.22. The summed E-state index contributed by atoms with van der Waals surface area (Å²) in [5, 5.41) is 9.63. The van der Waals surface area contributed by atoms with Gasteiger partial charge in [-0.3, -0.25) is 0 Å². The predicted molar refractivity (Wildman–Crippen MR) is 89.3 cm³/mol. The maximum absolute atomic E-state index is 7.91. The third-order valence-electron chi connectivity index (χ3n) is 3.80. The van der Waals surface area contributed by atoms with Crippen LogP contribution in [0.3, 0.4) is 0 Å². The fraction of sp³-hybridized carbons (Fsp3) is 0.312. The molecule has 2 aliphatic rings. The van der Waals surface area contributed by atoms with Crippen LogP contribution in [0.25, 0.3) is 0 Å². The van der Waals surface area contributed by atoms with Crippen molar-refractivity contribution >= 4 is 33.5 Å². The zero-order valence-corrected chi connectivity index (χ0v) is 12.3. The molecule has 1 saturated heterocycles. The summed E-state index contributed by atoms with van der Waals surface area (Å²) < 4.78 is 23.7. The molecule has 0 radical (unpaired) electrons. The SMILES string of the molecule is [2H]C([2H])([2H])C1CNCCN1C1=Nc2ccccc2Nc2sccc21. The van der Waals surface area contributed by atoms with Gasteiger partial charge in [0.1, 0.15) is 10.8 Å². The standard InChI is InChI=1S/C16H18N4S/c1-11-10-17-7-8-20(11)15-12-6-9-21-16(12)19-14-5-3-2-4-13(14)18-15/h2-6,9,11,17,19H,7-8,10H2,1H3/i1D3. The highest BCUT2D eigenvalue weighted by Gasteiger charge is 2.26. The predicted octanol–water partition coefficient (Wildman–Crippen LogP) is 3.18. The molecule has 1 atom stereocenters. The highest BCUT2D eigenvalue weighted by Crippen LogP contribution is 2.37. The number of piperazine rings is 1. The average molecular weight is 301 g/mol. The number of nitrogens with zero attached hydrogens (tertiary/aromatic N) is 2. The van der Waals surface area contributed by atoms with Crippen LogP contribution >= 0.6 is 11.3 Å². The number of fused-ring (bicyclic) bond motifs is 2. The Kier molecular flexibility index (Phi) is 2.45. The second-order valence-corrected chi connectivity index (χ2v) is 6.07. The lowest BCUT2D eigenvalue weighted by Gasteiger charge is -2.36. The number of amidine groups is 1. The Hall–Kier alpha value is -1.85. The molecular weight excluding hydrogens is 280 g/mol. The minimum Gasteiger partial charge on any atom is -0.351 e. The molecule has 1 fully saturated rings. The largest absolute Gasteiger partial charge is 0.351 e. The van der Waals surface area contributed by atoms with Gasteiger partial charge in [0.2, 0.25) is 0 Å². The Bertz CT molecular complexity index is 784. The Labute approximate surface area is 132 Å². The molecular formula is C16H18N4S. The molecule has 2 N–H and O–H groups in total. The monoisotopic (exact) mass is 301 g/mol. The Morgan fingerprint density at radius 3 is 3.29 bits per heavy atom. The number of hydrogen-bond donors (Lipinski definition) is 2. The van der Waals surface area contributed by atoms with E-state index in [1.54, 1.807) is 11.3 Å². The van der Waals surface area contributed by atoms with Crippen LogP contribution in [0.15, 0.2) is 40.7 Å². The second kappa shape index (κ2) is 5.16. The number of anilines is 2. The van der Waals surface area contributed by atoms with Crippen LogP contribution in [-0.2, 0) is 0 Å². The molecule has 3 heterocycles. The molecule has 5 heteroatoms. The summed E-state index contributed by atoms with van der Waals surface area (Å²) in [7, 11) is 0.